The Balaban J connectivity index is 1.41. The first-order valence-electron chi connectivity index (χ1n) is 9.65. The summed E-state index contributed by atoms with van der Waals surface area (Å²) in [6.45, 7) is 0.251. The zero-order chi connectivity index (χ0) is 21.4. The Kier molecular flexibility index (Phi) is 4.44. The molecule has 0 saturated carbocycles. The molecule has 0 fully saturated rings. The number of fused-ring (bicyclic) bond motifs is 2. The van der Waals surface area contributed by atoms with Crippen LogP contribution in [0.2, 0.25) is 0 Å². The maximum atomic E-state index is 12.7. The zero-order valence-corrected chi connectivity index (χ0v) is 16.3. The van der Waals surface area contributed by atoms with Gasteiger partial charge in [0.05, 0.1) is 6.54 Å². The van der Waals surface area contributed by atoms with E-state index in [4.69, 9.17) is 0 Å². The predicted molar refractivity (Wildman–Crippen MR) is 118 cm³/mol. The fourth-order valence-electron chi connectivity index (χ4n) is 3.53. The Morgan fingerprint density at radius 3 is 2.71 bits per heavy atom. The first kappa shape index (κ1) is 18.6. The van der Waals surface area contributed by atoms with Gasteiger partial charge in [-0.3, -0.25) is 14.0 Å². The van der Waals surface area contributed by atoms with Crippen LogP contribution in [0.3, 0.4) is 0 Å². The van der Waals surface area contributed by atoms with Crippen LogP contribution in [0, 0.1) is 0 Å². The number of rotatable bonds is 4. The molecule has 0 saturated heterocycles. The second kappa shape index (κ2) is 7.42. The van der Waals surface area contributed by atoms with Crippen LogP contribution in [0.1, 0.15) is 15.9 Å². The summed E-state index contributed by atoms with van der Waals surface area (Å²) >= 11 is 0. The summed E-state index contributed by atoms with van der Waals surface area (Å²) in [4.78, 5) is 40.8. The van der Waals surface area contributed by atoms with Crippen LogP contribution >= 0.6 is 0 Å². The summed E-state index contributed by atoms with van der Waals surface area (Å²) in [5.41, 5.74) is 1.99. The number of carbonyl (C=O) groups is 1. The van der Waals surface area contributed by atoms with E-state index in [1.165, 1.54) is 15.3 Å². The number of aromatic nitrogens is 4. The van der Waals surface area contributed by atoms with Crippen molar-refractivity contribution in [2.75, 3.05) is 5.32 Å². The lowest BCUT2D eigenvalue weighted by Gasteiger charge is -2.08. The molecule has 0 atom stereocenters. The summed E-state index contributed by atoms with van der Waals surface area (Å²) in [6.07, 6.45) is 3.08. The van der Waals surface area contributed by atoms with Crippen molar-refractivity contribution >= 4 is 28.1 Å². The van der Waals surface area contributed by atoms with Gasteiger partial charge in [-0.15, -0.1) is 5.10 Å². The van der Waals surface area contributed by atoms with Gasteiger partial charge in [0, 0.05) is 29.0 Å². The van der Waals surface area contributed by atoms with Gasteiger partial charge in [0.25, 0.3) is 5.91 Å². The van der Waals surface area contributed by atoms with Crippen LogP contribution in [0.5, 0.6) is 0 Å². The Hall–Kier alpha value is -4.46. The highest BCUT2D eigenvalue weighted by atomic mass is 16.2. The maximum absolute atomic E-state index is 12.7. The van der Waals surface area contributed by atoms with E-state index in [-0.39, 0.29) is 23.2 Å². The Labute approximate surface area is 175 Å². The number of aromatic amines is 1. The topological polar surface area (TPSA) is 101 Å². The molecular weight excluding hydrogens is 394 g/mol. The molecule has 5 aromatic rings. The van der Waals surface area contributed by atoms with E-state index in [1.807, 2.05) is 18.2 Å². The third kappa shape index (κ3) is 3.40. The Morgan fingerprint density at radius 2 is 1.84 bits per heavy atom. The van der Waals surface area contributed by atoms with Gasteiger partial charge in [-0.1, -0.05) is 30.3 Å². The molecule has 8 heteroatoms. The van der Waals surface area contributed by atoms with Gasteiger partial charge in [0.15, 0.2) is 5.65 Å². The molecule has 0 radical (unpaired) electrons. The molecule has 31 heavy (non-hydrogen) atoms. The second-order valence-corrected chi connectivity index (χ2v) is 7.10. The number of hydrogen-bond donors (Lipinski definition) is 2. The number of amides is 1. The van der Waals surface area contributed by atoms with Crippen LogP contribution in [-0.2, 0) is 6.54 Å². The maximum Gasteiger partial charge on any atom is 0.350 e. The lowest BCUT2D eigenvalue weighted by Crippen LogP contribution is -2.22. The Bertz CT molecular complexity index is 1560. The summed E-state index contributed by atoms with van der Waals surface area (Å²) < 4.78 is 2.84. The minimum atomic E-state index is -0.506. The number of pyridine rings is 2. The molecule has 0 unspecified atom stereocenters. The first-order valence-corrected chi connectivity index (χ1v) is 9.65. The highest BCUT2D eigenvalue weighted by molar-refractivity contribution is 6.05. The number of hydrogen-bond acceptors (Lipinski definition) is 4. The van der Waals surface area contributed by atoms with E-state index < -0.39 is 5.91 Å². The summed E-state index contributed by atoms with van der Waals surface area (Å²) in [5.74, 6) is -0.506. The third-order valence-electron chi connectivity index (χ3n) is 5.04. The van der Waals surface area contributed by atoms with E-state index in [0.717, 1.165) is 5.56 Å². The molecule has 3 heterocycles. The monoisotopic (exact) mass is 411 g/mol. The summed E-state index contributed by atoms with van der Waals surface area (Å²) in [5, 5.41) is 7.53. The number of nitrogens with zero attached hydrogens (tertiary/aromatic N) is 3. The average Bonchev–Trinajstić information content (AvgIpc) is 3.10. The molecule has 1 amide bonds. The number of nitrogens with one attached hydrogen (secondary N) is 2. The van der Waals surface area contributed by atoms with E-state index in [9.17, 15) is 14.4 Å². The SMILES string of the molecule is O=C(Nc1cccc(Cn2nc3ccccn3c2=O)c1)c1c[nH]c2ccccc2c1=O. The van der Waals surface area contributed by atoms with Gasteiger partial charge >= 0.3 is 5.69 Å². The smallest absolute Gasteiger partial charge is 0.350 e. The molecule has 0 bridgehead atoms. The van der Waals surface area contributed by atoms with Gasteiger partial charge in [-0.05, 0) is 42.0 Å². The van der Waals surface area contributed by atoms with E-state index in [1.54, 1.807) is 54.7 Å². The number of benzene rings is 2. The minimum Gasteiger partial charge on any atom is -0.360 e. The molecule has 0 spiro atoms. The molecule has 8 nitrogen and oxygen atoms in total. The molecule has 2 aromatic carbocycles. The molecule has 2 N–H and O–H groups in total. The molecule has 152 valence electrons. The summed E-state index contributed by atoms with van der Waals surface area (Å²) in [7, 11) is 0. The number of para-hydroxylation sites is 1. The van der Waals surface area contributed by atoms with E-state index in [0.29, 0.717) is 22.2 Å². The van der Waals surface area contributed by atoms with Crippen molar-refractivity contribution < 1.29 is 4.79 Å². The van der Waals surface area contributed by atoms with Gasteiger partial charge in [0.1, 0.15) is 5.56 Å². The van der Waals surface area contributed by atoms with Crippen molar-refractivity contribution in [3.63, 3.8) is 0 Å². The molecule has 5 rings (SSSR count). The largest absolute Gasteiger partial charge is 0.360 e. The van der Waals surface area contributed by atoms with Crippen molar-refractivity contribution in [2.45, 2.75) is 6.54 Å². The zero-order valence-electron chi connectivity index (χ0n) is 16.3. The van der Waals surface area contributed by atoms with E-state index >= 15 is 0 Å². The molecule has 0 aliphatic heterocycles. The molecule has 0 aliphatic carbocycles. The second-order valence-electron chi connectivity index (χ2n) is 7.10. The van der Waals surface area contributed by atoms with Gasteiger partial charge in [-0.25, -0.2) is 9.48 Å². The first-order chi connectivity index (χ1) is 15.1. The van der Waals surface area contributed by atoms with Crippen LogP contribution in [0.25, 0.3) is 16.6 Å². The highest BCUT2D eigenvalue weighted by Gasteiger charge is 2.14. The Morgan fingerprint density at radius 1 is 1.00 bits per heavy atom. The third-order valence-corrected chi connectivity index (χ3v) is 5.04. The minimum absolute atomic E-state index is 0.0284. The van der Waals surface area contributed by atoms with Crippen LogP contribution in [0.15, 0.2) is 88.7 Å². The fourth-order valence-corrected chi connectivity index (χ4v) is 3.53. The number of H-pyrrole nitrogens is 1. The quantitative estimate of drug-likeness (QED) is 0.475. The highest BCUT2D eigenvalue weighted by Crippen LogP contribution is 2.14. The lowest BCUT2D eigenvalue weighted by atomic mass is 10.1. The van der Waals surface area contributed by atoms with Gasteiger partial charge < -0.3 is 10.3 Å². The van der Waals surface area contributed by atoms with Crippen molar-refractivity contribution in [1.29, 1.82) is 0 Å². The van der Waals surface area contributed by atoms with Crippen molar-refractivity contribution in [3.05, 3.63) is 111 Å². The number of anilines is 1. The average molecular weight is 411 g/mol. The van der Waals surface area contributed by atoms with E-state index in [2.05, 4.69) is 15.4 Å². The normalized spacial score (nSPS) is 11.1. The van der Waals surface area contributed by atoms with Crippen LogP contribution in [-0.4, -0.2) is 25.1 Å². The lowest BCUT2D eigenvalue weighted by molar-refractivity contribution is 0.102. The predicted octanol–water partition coefficient (Wildman–Crippen LogP) is 2.64. The van der Waals surface area contributed by atoms with Crippen LogP contribution < -0.4 is 16.4 Å². The fraction of sp³-hybridized carbons (Fsp3) is 0.0435. The van der Waals surface area contributed by atoms with Gasteiger partial charge in [-0.2, -0.15) is 0 Å². The standard InChI is InChI=1S/C23H17N5O3/c29-21-17-8-1-2-9-19(17)24-13-18(21)22(30)25-16-7-5-6-15(12-16)14-28-23(31)27-11-4-3-10-20(27)26-28/h1-13H,14H2,(H,24,29)(H,25,30). The van der Waals surface area contributed by atoms with Crippen LogP contribution in [0.4, 0.5) is 5.69 Å². The molecule has 0 aliphatic rings. The van der Waals surface area contributed by atoms with Crippen molar-refractivity contribution in [3.8, 4) is 0 Å². The number of carbonyl (C=O) groups excluding carboxylic acids is 1. The molecular formula is C23H17N5O3. The molecule has 3 aromatic heterocycles. The van der Waals surface area contributed by atoms with Crippen molar-refractivity contribution in [2.24, 2.45) is 0 Å². The van der Waals surface area contributed by atoms with Crippen molar-refractivity contribution in [1.82, 2.24) is 19.2 Å². The summed E-state index contributed by atoms with van der Waals surface area (Å²) in [6, 6.07) is 19.5. The van der Waals surface area contributed by atoms with Gasteiger partial charge in [0.2, 0.25) is 5.43 Å².